The molecular formula is C8H13NO. The largest absolute Gasteiger partial charge is 0.369 e. The summed E-state index contributed by atoms with van der Waals surface area (Å²) in [4.78, 5) is 11.0. The van der Waals surface area contributed by atoms with Gasteiger partial charge in [-0.15, -0.1) is 0 Å². The SMILES string of the molecule is CC1CCC2CC12C(N)=O. The molecule has 2 aliphatic carbocycles. The molecule has 2 fully saturated rings. The van der Waals surface area contributed by atoms with Gasteiger partial charge in [-0.2, -0.15) is 0 Å². The standard InChI is InChI=1S/C8H13NO/c1-5-2-3-6-4-8(5,6)7(9)10/h5-6H,2-4H2,1H3,(H2,9,10). The van der Waals surface area contributed by atoms with Crippen LogP contribution in [0, 0.1) is 17.3 Å². The first-order chi connectivity index (χ1) is 4.68. The first-order valence-electron chi connectivity index (χ1n) is 3.98. The maximum absolute atomic E-state index is 11.0. The van der Waals surface area contributed by atoms with Crippen molar-refractivity contribution in [2.24, 2.45) is 23.0 Å². The molecule has 0 aliphatic heterocycles. The third kappa shape index (κ3) is 0.482. The number of hydrogen-bond acceptors (Lipinski definition) is 1. The Labute approximate surface area is 60.8 Å². The van der Waals surface area contributed by atoms with Crippen molar-refractivity contribution in [2.75, 3.05) is 0 Å². The summed E-state index contributed by atoms with van der Waals surface area (Å²) in [6.07, 6.45) is 3.50. The second-order valence-corrected chi connectivity index (χ2v) is 3.78. The molecule has 0 aromatic rings. The predicted octanol–water partition coefficient (Wildman–Crippen LogP) is 0.908. The molecule has 2 heteroatoms. The van der Waals surface area contributed by atoms with E-state index in [1.54, 1.807) is 0 Å². The Morgan fingerprint density at radius 3 is 2.50 bits per heavy atom. The van der Waals surface area contributed by atoms with Gasteiger partial charge in [-0.3, -0.25) is 4.79 Å². The summed E-state index contributed by atoms with van der Waals surface area (Å²) in [5.74, 6) is 1.15. The van der Waals surface area contributed by atoms with Crippen LogP contribution >= 0.6 is 0 Å². The van der Waals surface area contributed by atoms with Gasteiger partial charge in [0.15, 0.2) is 0 Å². The van der Waals surface area contributed by atoms with Gasteiger partial charge >= 0.3 is 0 Å². The minimum absolute atomic E-state index is 0.0417. The number of amides is 1. The van der Waals surface area contributed by atoms with Crippen LogP contribution in [0.3, 0.4) is 0 Å². The number of nitrogens with two attached hydrogens (primary N) is 1. The summed E-state index contributed by atoms with van der Waals surface area (Å²) in [6.45, 7) is 2.15. The third-order valence-electron chi connectivity index (χ3n) is 3.44. The van der Waals surface area contributed by atoms with Crippen LogP contribution in [0.15, 0.2) is 0 Å². The quantitative estimate of drug-likeness (QED) is 0.576. The number of primary amides is 1. The Bertz CT molecular complexity index is 190. The maximum atomic E-state index is 11.0. The lowest BCUT2D eigenvalue weighted by Crippen LogP contribution is -2.29. The van der Waals surface area contributed by atoms with Crippen molar-refractivity contribution in [3.8, 4) is 0 Å². The zero-order valence-electron chi connectivity index (χ0n) is 6.26. The number of carbonyl (C=O) groups is 1. The van der Waals surface area contributed by atoms with E-state index in [1.807, 2.05) is 0 Å². The molecule has 2 saturated carbocycles. The first kappa shape index (κ1) is 6.20. The van der Waals surface area contributed by atoms with Crippen LogP contribution in [0.25, 0.3) is 0 Å². The van der Waals surface area contributed by atoms with Gasteiger partial charge in [-0.25, -0.2) is 0 Å². The van der Waals surface area contributed by atoms with Crippen LogP contribution in [0.4, 0.5) is 0 Å². The fourth-order valence-electron chi connectivity index (χ4n) is 2.57. The molecule has 0 spiro atoms. The molecule has 56 valence electrons. The van der Waals surface area contributed by atoms with Gasteiger partial charge in [-0.1, -0.05) is 6.92 Å². The zero-order chi connectivity index (χ0) is 7.35. The van der Waals surface area contributed by atoms with E-state index in [0.717, 1.165) is 6.42 Å². The minimum atomic E-state index is -0.0532. The van der Waals surface area contributed by atoms with Gasteiger partial charge in [-0.05, 0) is 31.1 Å². The lowest BCUT2D eigenvalue weighted by atomic mass is 9.92. The third-order valence-corrected chi connectivity index (χ3v) is 3.44. The van der Waals surface area contributed by atoms with Gasteiger partial charge < -0.3 is 5.73 Å². The molecule has 2 aliphatic rings. The smallest absolute Gasteiger partial charge is 0.224 e. The second-order valence-electron chi connectivity index (χ2n) is 3.78. The Kier molecular flexibility index (Phi) is 0.960. The van der Waals surface area contributed by atoms with Gasteiger partial charge in [0.1, 0.15) is 0 Å². The lowest BCUT2D eigenvalue weighted by molar-refractivity contribution is -0.124. The molecule has 2 N–H and O–H groups in total. The fraction of sp³-hybridized carbons (Fsp3) is 0.875. The van der Waals surface area contributed by atoms with E-state index in [2.05, 4.69) is 6.92 Å². The summed E-state index contributed by atoms with van der Waals surface area (Å²) < 4.78 is 0. The van der Waals surface area contributed by atoms with E-state index >= 15 is 0 Å². The van der Waals surface area contributed by atoms with Crippen LogP contribution in [0.2, 0.25) is 0 Å². The molecule has 0 aromatic heterocycles. The summed E-state index contributed by atoms with van der Waals surface area (Å²) in [7, 11) is 0. The van der Waals surface area contributed by atoms with E-state index in [-0.39, 0.29) is 11.3 Å². The van der Waals surface area contributed by atoms with E-state index in [0.29, 0.717) is 11.8 Å². The van der Waals surface area contributed by atoms with Crippen molar-refractivity contribution >= 4 is 5.91 Å². The fourth-order valence-corrected chi connectivity index (χ4v) is 2.57. The monoisotopic (exact) mass is 139 g/mol. The van der Waals surface area contributed by atoms with E-state index < -0.39 is 0 Å². The molecular weight excluding hydrogens is 126 g/mol. The average Bonchev–Trinajstić information content (AvgIpc) is 2.52. The highest BCUT2D eigenvalue weighted by atomic mass is 16.1. The number of hydrogen-bond donors (Lipinski definition) is 1. The molecule has 0 radical (unpaired) electrons. The van der Waals surface area contributed by atoms with Crippen molar-refractivity contribution in [1.82, 2.24) is 0 Å². The predicted molar refractivity (Wildman–Crippen MR) is 38.1 cm³/mol. The topological polar surface area (TPSA) is 43.1 Å². The first-order valence-corrected chi connectivity index (χ1v) is 3.98. The van der Waals surface area contributed by atoms with Crippen molar-refractivity contribution in [3.63, 3.8) is 0 Å². The maximum Gasteiger partial charge on any atom is 0.224 e. The zero-order valence-corrected chi connectivity index (χ0v) is 6.26. The summed E-state index contributed by atoms with van der Waals surface area (Å²) in [5, 5.41) is 0. The number of fused-ring (bicyclic) bond motifs is 1. The molecule has 0 saturated heterocycles. The van der Waals surface area contributed by atoms with Crippen molar-refractivity contribution in [1.29, 1.82) is 0 Å². The van der Waals surface area contributed by atoms with Gasteiger partial charge in [0.05, 0.1) is 5.41 Å². The molecule has 0 aromatic carbocycles. The number of carbonyl (C=O) groups excluding carboxylic acids is 1. The Hall–Kier alpha value is -0.530. The van der Waals surface area contributed by atoms with Crippen LogP contribution in [-0.2, 0) is 4.79 Å². The normalized spacial score (nSPS) is 50.5. The Morgan fingerprint density at radius 1 is 1.60 bits per heavy atom. The summed E-state index contributed by atoms with van der Waals surface area (Å²) in [6, 6.07) is 0. The van der Waals surface area contributed by atoms with Crippen molar-refractivity contribution in [3.05, 3.63) is 0 Å². The average molecular weight is 139 g/mol. The minimum Gasteiger partial charge on any atom is -0.369 e. The Balaban J connectivity index is 2.25. The summed E-state index contributed by atoms with van der Waals surface area (Å²) in [5.41, 5.74) is 5.28. The van der Waals surface area contributed by atoms with Crippen LogP contribution in [0.1, 0.15) is 26.2 Å². The highest BCUT2D eigenvalue weighted by Gasteiger charge is 2.64. The van der Waals surface area contributed by atoms with Gasteiger partial charge in [0.2, 0.25) is 5.91 Å². The van der Waals surface area contributed by atoms with E-state index in [1.165, 1.54) is 12.8 Å². The molecule has 10 heavy (non-hydrogen) atoms. The molecule has 2 nitrogen and oxygen atoms in total. The molecule has 0 bridgehead atoms. The summed E-state index contributed by atoms with van der Waals surface area (Å²) >= 11 is 0. The van der Waals surface area contributed by atoms with Crippen LogP contribution in [-0.4, -0.2) is 5.91 Å². The van der Waals surface area contributed by atoms with Gasteiger partial charge in [0.25, 0.3) is 0 Å². The highest BCUT2D eigenvalue weighted by molar-refractivity contribution is 5.85. The molecule has 1 amide bonds. The molecule has 3 atom stereocenters. The number of rotatable bonds is 1. The Morgan fingerprint density at radius 2 is 2.30 bits per heavy atom. The van der Waals surface area contributed by atoms with Crippen molar-refractivity contribution < 1.29 is 4.79 Å². The van der Waals surface area contributed by atoms with Crippen molar-refractivity contribution in [2.45, 2.75) is 26.2 Å². The molecule has 2 rings (SSSR count). The van der Waals surface area contributed by atoms with Crippen LogP contribution in [0.5, 0.6) is 0 Å². The van der Waals surface area contributed by atoms with Crippen LogP contribution < -0.4 is 5.73 Å². The molecule has 0 heterocycles. The second kappa shape index (κ2) is 1.55. The van der Waals surface area contributed by atoms with Gasteiger partial charge in [0, 0.05) is 0 Å². The highest BCUT2D eigenvalue weighted by Crippen LogP contribution is 2.66. The van der Waals surface area contributed by atoms with E-state index in [9.17, 15) is 4.79 Å². The lowest BCUT2D eigenvalue weighted by Gasteiger charge is -2.13. The molecule has 3 unspecified atom stereocenters. The van der Waals surface area contributed by atoms with E-state index in [4.69, 9.17) is 5.73 Å².